The third kappa shape index (κ3) is 6.78. The summed E-state index contributed by atoms with van der Waals surface area (Å²) in [5, 5.41) is 11.9. The maximum atomic E-state index is 11.9. The Morgan fingerprint density at radius 2 is 1.53 bits per heavy atom. The van der Waals surface area contributed by atoms with E-state index in [1.807, 2.05) is 6.07 Å². The lowest BCUT2D eigenvalue weighted by atomic mass is 9.66. The molecule has 0 aliphatic heterocycles. The normalized spacial score (nSPS) is 19.0. The summed E-state index contributed by atoms with van der Waals surface area (Å²) in [5.41, 5.74) is 2.96. The van der Waals surface area contributed by atoms with Crippen LogP contribution in [0.25, 0.3) is 0 Å². The molecule has 0 saturated heterocycles. The van der Waals surface area contributed by atoms with Gasteiger partial charge in [-0.1, -0.05) is 19.9 Å². The highest BCUT2D eigenvalue weighted by Gasteiger charge is 2.43. The number of nitrogens with zero attached hydrogens (tertiary/aromatic N) is 1. The molecule has 0 saturated carbocycles. The Labute approximate surface area is 223 Å². The molecule has 2 atom stereocenters. The van der Waals surface area contributed by atoms with E-state index in [9.17, 15) is 5.11 Å². The van der Waals surface area contributed by atoms with Crippen LogP contribution < -0.4 is 18.9 Å². The third-order valence-corrected chi connectivity index (χ3v) is 7.43. The second kappa shape index (κ2) is 13.4. The number of aliphatic hydroxyl groups is 1. The van der Waals surface area contributed by atoms with E-state index in [0.717, 1.165) is 68.2 Å². The fourth-order valence-electron chi connectivity index (χ4n) is 5.58. The molecule has 2 aromatic rings. The van der Waals surface area contributed by atoms with E-state index in [1.54, 1.807) is 28.4 Å². The molecule has 0 bridgehead atoms. The van der Waals surface area contributed by atoms with E-state index >= 15 is 0 Å². The topological polar surface area (TPSA) is 60.4 Å². The van der Waals surface area contributed by atoms with Crippen molar-refractivity contribution < 1.29 is 24.1 Å². The van der Waals surface area contributed by atoms with Crippen molar-refractivity contribution in [3.8, 4) is 23.0 Å². The molecule has 0 heterocycles. The van der Waals surface area contributed by atoms with Gasteiger partial charge in [0, 0.05) is 12.5 Å². The number of fused-ring (bicyclic) bond motifs is 1. The highest BCUT2D eigenvalue weighted by Crippen LogP contribution is 2.48. The Balaban J connectivity index is 0.00000456. The molecule has 0 amide bonds. The number of hydrogen-bond donors (Lipinski definition) is 1. The highest BCUT2D eigenvalue weighted by molar-refractivity contribution is 5.85. The fourth-order valence-corrected chi connectivity index (χ4v) is 5.58. The molecule has 202 valence electrons. The molecule has 0 spiro atoms. The van der Waals surface area contributed by atoms with Gasteiger partial charge in [-0.3, -0.25) is 0 Å². The first kappa shape index (κ1) is 30.1. The second-order valence-corrected chi connectivity index (χ2v) is 10.1. The fraction of sp³-hybridized carbons (Fsp3) is 0.586. The first-order valence-corrected chi connectivity index (χ1v) is 12.6. The summed E-state index contributed by atoms with van der Waals surface area (Å²) in [6, 6.07) is 10.3. The smallest absolute Gasteiger partial charge is 0.161 e. The zero-order valence-electron chi connectivity index (χ0n) is 22.9. The van der Waals surface area contributed by atoms with Crippen LogP contribution in [0.1, 0.15) is 55.7 Å². The van der Waals surface area contributed by atoms with Crippen molar-refractivity contribution in [2.75, 3.05) is 48.6 Å². The van der Waals surface area contributed by atoms with Gasteiger partial charge in [0.15, 0.2) is 23.0 Å². The van der Waals surface area contributed by atoms with Crippen molar-refractivity contribution in [3.63, 3.8) is 0 Å². The van der Waals surface area contributed by atoms with Crippen LogP contribution in [0.2, 0.25) is 0 Å². The summed E-state index contributed by atoms with van der Waals surface area (Å²) in [6.07, 6.45) is 4.36. The van der Waals surface area contributed by atoms with E-state index < -0.39 is 5.60 Å². The molecule has 7 heteroatoms. The molecule has 2 aromatic carbocycles. The standard InChI is InChI=1S/C29H43NO5.ClH/c1-20(2)28-23-19-27(35-7)26(34-6)18-22(23)12-13-29(28,31)14-16-30(3)15-8-9-21-10-11-24(32-4)25(17-21)33-5;/h10-11,17-20,28,31H,8-9,12-16H2,1-7H3;1H. The van der Waals surface area contributed by atoms with Crippen LogP contribution in [0.4, 0.5) is 0 Å². The van der Waals surface area contributed by atoms with E-state index in [0.29, 0.717) is 5.92 Å². The predicted octanol–water partition coefficient (Wildman–Crippen LogP) is 5.51. The van der Waals surface area contributed by atoms with Crippen molar-refractivity contribution >= 4 is 12.4 Å². The number of rotatable bonds is 12. The van der Waals surface area contributed by atoms with Gasteiger partial charge < -0.3 is 29.0 Å². The van der Waals surface area contributed by atoms with Crippen LogP contribution in [0.15, 0.2) is 30.3 Å². The summed E-state index contributed by atoms with van der Waals surface area (Å²) >= 11 is 0. The predicted molar refractivity (Wildman–Crippen MR) is 148 cm³/mol. The minimum Gasteiger partial charge on any atom is -0.493 e. The molecule has 0 aromatic heterocycles. The minimum absolute atomic E-state index is 0. The van der Waals surface area contributed by atoms with E-state index in [4.69, 9.17) is 18.9 Å². The van der Waals surface area contributed by atoms with E-state index in [-0.39, 0.29) is 18.3 Å². The molecule has 0 fully saturated rings. The molecule has 1 aliphatic rings. The maximum absolute atomic E-state index is 11.9. The first-order chi connectivity index (χ1) is 16.8. The lowest BCUT2D eigenvalue weighted by molar-refractivity contribution is -0.0301. The van der Waals surface area contributed by atoms with Gasteiger partial charge in [0.1, 0.15) is 0 Å². The number of methoxy groups -OCH3 is 4. The van der Waals surface area contributed by atoms with Crippen LogP contribution in [0.5, 0.6) is 23.0 Å². The maximum Gasteiger partial charge on any atom is 0.161 e. The lowest BCUT2D eigenvalue weighted by Crippen LogP contribution is -2.45. The second-order valence-electron chi connectivity index (χ2n) is 10.1. The number of benzene rings is 2. The van der Waals surface area contributed by atoms with Crippen LogP contribution in [0.3, 0.4) is 0 Å². The van der Waals surface area contributed by atoms with Crippen molar-refractivity contribution in [2.45, 2.75) is 57.5 Å². The van der Waals surface area contributed by atoms with E-state index in [2.05, 4.69) is 50.1 Å². The van der Waals surface area contributed by atoms with Gasteiger partial charge in [0.25, 0.3) is 0 Å². The van der Waals surface area contributed by atoms with Gasteiger partial charge in [0.05, 0.1) is 34.0 Å². The van der Waals surface area contributed by atoms with Gasteiger partial charge in [-0.15, -0.1) is 12.4 Å². The van der Waals surface area contributed by atoms with E-state index in [1.165, 1.54) is 16.7 Å². The Kier molecular flexibility index (Phi) is 11.2. The van der Waals surface area contributed by atoms with Gasteiger partial charge in [0.2, 0.25) is 0 Å². The summed E-state index contributed by atoms with van der Waals surface area (Å²) in [7, 11) is 8.81. The molecule has 3 rings (SSSR count). The van der Waals surface area contributed by atoms with Crippen LogP contribution in [0, 0.1) is 5.92 Å². The first-order valence-electron chi connectivity index (χ1n) is 12.6. The lowest BCUT2D eigenvalue weighted by Gasteiger charge is -2.44. The average Bonchev–Trinajstić information content (AvgIpc) is 2.86. The molecule has 1 aliphatic carbocycles. The Bertz CT molecular complexity index is 982. The monoisotopic (exact) mass is 521 g/mol. The summed E-state index contributed by atoms with van der Waals surface area (Å²) in [4.78, 5) is 2.33. The number of aryl methyl sites for hydroxylation is 2. The van der Waals surface area contributed by atoms with Gasteiger partial charge >= 0.3 is 0 Å². The quantitative estimate of drug-likeness (QED) is 0.397. The summed E-state index contributed by atoms with van der Waals surface area (Å²) in [5.74, 6) is 3.39. The summed E-state index contributed by atoms with van der Waals surface area (Å²) in [6.45, 7) is 6.23. The molecule has 6 nitrogen and oxygen atoms in total. The van der Waals surface area contributed by atoms with Gasteiger partial charge in [-0.2, -0.15) is 0 Å². The molecule has 2 unspecified atom stereocenters. The molecule has 36 heavy (non-hydrogen) atoms. The van der Waals surface area contributed by atoms with Gasteiger partial charge in [-0.25, -0.2) is 0 Å². The highest BCUT2D eigenvalue weighted by atomic mass is 35.5. The van der Waals surface area contributed by atoms with Crippen LogP contribution >= 0.6 is 12.4 Å². The molecular weight excluding hydrogens is 478 g/mol. The van der Waals surface area contributed by atoms with Crippen LogP contribution in [-0.2, 0) is 12.8 Å². The van der Waals surface area contributed by atoms with Gasteiger partial charge in [-0.05, 0) is 92.6 Å². The average molecular weight is 522 g/mol. The van der Waals surface area contributed by atoms with Crippen molar-refractivity contribution in [1.29, 1.82) is 0 Å². The molecular formula is C29H44ClNO5. The van der Waals surface area contributed by atoms with Crippen molar-refractivity contribution in [3.05, 3.63) is 47.0 Å². The zero-order valence-corrected chi connectivity index (χ0v) is 23.7. The largest absolute Gasteiger partial charge is 0.493 e. The third-order valence-electron chi connectivity index (χ3n) is 7.43. The molecule has 1 N–H and O–H groups in total. The zero-order chi connectivity index (χ0) is 25.6. The SMILES string of the molecule is COc1ccc(CCCN(C)CCC2(O)CCc3cc(OC)c(OC)cc3C2C(C)C)cc1OC.Cl. The summed E-state index contributed by atoms with van der Waals surface area (Å²) < 4.78 is 21.9. The Morgan fingerprint density at radius 1 is 0.917 bits per heavy atom. The Morgan fingerprint density at radius 3 is 2.14 bits per heavy atom. The number of ether oxygens (including phenoxy) is 4. The number of hydrogen-bond acceptors (Lipinski definition) is 6. The Hall–Kier alpha value is -2.15. The number of halogens is 1. The van der Waals surface area contributed by atoms with Crippen molar-refractivity contribution in [1.82, 2.24) is 4.90 Å². The molecule has 0 radical (unpaired) electrons. The minimum atomic E-state index is -0.738. The van der Waals surface area contributed by atoms with Crippen LogP contribution in [-0.4, -0.2) is 64.2 Å². The van der Waals surface area contributed by atoms with Crippen molar-refractivity contribution in [2.24, 2.45) is 5.92 Å².